The molecule has 2 heterocycles. The largest absolute Gasteiger partial charge is 0.480 e. The van der Waals surface area contributed by atoms with E-state index < -0.39 is 5.97 Å². The minimum atomic E-state index is -0.923. The zero-order chi connectivity index (χ0) is 14.4. The first-order chi connectivity index (χ1) is 9.67. The van der Waals surface area contributed by atoms with E-state index >= 15 is 0 Å². The summed E-state index contributed by atoms with van der Waals surface area (Å²) in [5.74, 6) is -0.923. The van der Waals surface area contributed by atoms with Crippen LogP contribution in [0.25, 0.3) is 0 Å². The van der Waals surface area contributed by atoms with Gasteiger partial charge in [0, 0.05) is 25.8 Å². The van der Waals surface area contributed by atoms with Gasteiger partial charge in [0.2, 0.25) is 0 Å². The summed E-state index contributed by atoms with van der Waals surface area (Å²) in [6.07, 6.45) is 3.36. The third kappa shape index (κ3) is 4.30. The van der Waals surface area contributed by atoms with E-state index in [4.69, 9.17) is 15.1 Å². The van der Waals surface area contributed by atoms with Gasteiger partial charge in [0.05, 0.1) is 6.10 Å². The van der Waals surface area contributed by atoms with Crippen LogP contribution in [-0.2, 0) is 16.1 Å². The molecule has 6 heteroatoms. The molecule has 0 unspecified atom stereocenters. The summed E-state index contributed by atoms with van der Waals surface area (Å²) in [6, 6.07) is 5.74. The van der Waals surface area contributed by atoms with E-state index in [9.17, 15) is 4.79 Å². The molecule has 1 saturated heterocycles. The number of nitriles is 1. The van der Waals surface area contributed by atoms with Crippen molar-refractivity contribution in [1.29, 1.82) is 5.26 Å². The fourth-order valence-electron chi connectivity index (χ4n) is 2.32. The Morgan fingerprint density at radius 3 is 2.95 bits per heavy atom. The molecule has 1 aromatic heterocycles. The monoisotopic (exact) mass is 275 g/mol. The van der Waals surface area contributed by atoms with Gasteiger partial charge in [-0.25, -0.2) is 9.78 Å². The molecular formula is C14H17N3O3. The fourth-order valence-corrected chi connectivity index (χ4v) is 2.32. The first-order valence-electron chi connectivity index (χ1n) is 6.58. The zero-order valence-electron chi connectivity index (χ0n) is 11.2. The van der Waals surface area contributed by atoms with Crippen LogP contribution >= 0.6 is 0 Å². The summed E-state index contributed by atoms with van der Waals surface area (Å²) >= 11 is 0. The Morgan fingerprint density at radius 1 is 1.55 bits per heavy atom. The van der Waals surface area contributed by atoms with Gasteiger partial charge in [0.15, 0.2) is 0 Å². The van der Waals surface area contributed by atoms with Gasteiger partial charge in [-0.2, -0.15) is 5.26 Å². The number of carboxylic acids is 1. The quantitative estimate of drug-likeness (QED) is 0.863. The predicted molar refractivity (Wildman–Crippen MR) is 70.8 cm³/mol. The average molecular weight is 275 g/mol. The normalized spacial score (nSPS) is 16.8. The number of aromatic nitrogens is 1. The molecule has 0 amide bonds. The molecule has 0 aromatic carbocycles. The lowest BCUT2D eigenvalue weighted by Crippen LogP contribution is -2.37. The number of carbonyl (C=O) groups is 1. The third-order valence-electron chi connectivity index (χ3n) is 3.32. The lowest BCUT2D eigenvalue weighted by molar-refractivity contribution is -0.145. The van der Waals surface area contributed by atoms with Gasteiger partial charge in [-0.15, -0.1) is 0 Å². The number of hydrogen-bond donors (Lipinski definition) is 1. The molecule has 0 atom stereocenters. The van der Waals surface area contributed by atoms with Gasteiger partial charge in [0.25, 0.3) is 0 Å². The standard InChI is InChI=1S/C14H17N3O3/c15-8-12-7-11(1-4-16-12)9-17-5-2-13(3-6-17)20-10-14(18)19/h1,4,7,13H,2-3,5-6,9-10H2,(H,18,19). The summed E-state index contributed by atoms with van der Waals surface area (Å²) in [5, 5.41) is 17.4. The van der Waals surface area contributed by atoms with Crippen molar-refractivity contribution in [3.05, 3.63) is 29.6 Å². The van der Waals surface area contributed by atoms with Crippen LogP contribution < -0.4 is 0 Å². The van der Waals surface area contributed by atoms with Crippen molar-refractivity contribution in [1.82, 2.24) is 9.88 Å². The lowest BCUT2D eigenvalue weighted by atomic mass is 10.1. The minimum absolute atomic E-state index is 0.0365. The molecule has 0 saturated carbocycles. The van der Waals surface area contributed by atoms with E-state index in [1.54, 1.807) is 12.3 Å². The molecule has 1 aromatic rings. The molecule has 1 aliphatic heterocycles. The van der Waals surface area contributed by atoms with Gasteiger partial charge < -0.3 is 9.84 Å². The Bertz CT molecular complexity index is 505. The topological polar surface area (TPSA) is 86.5 Å². The second-order valence-corrected chi connectivity index (χ2v) is 4.84. The first-order valence-corrected chi connectivity index (χ1v) is 6.58. The second-order valence-electron chi connectivity index (χ2n) is 4.84. The van der Waals surface area contributed by atoms with E-state index in [0.29, 0.717) is 5.69 Å². The van der Waals surface area contributed by atoms with Crippen molar-refractivity contribution < 1.29 is 14.6 Å². The summed E-state index contributed by atoms with van der Waals surface area (Å²) in [7, 11) is 0. The lowest BCUT2D eigenvalue weighted by Gasteiger charge is -2.31. The van der Waals surface area contributed by atoms with Crippen molar-refractivity contribution >= 4 is 5.97 Å². The molecule has 2 rings (SSSR count). The van der Waals surface area contributed by atoms with Crippen molar-refractivity contribution in [3.8, 4) is 6.07 Å². The number of nitrogens with zero attached hydrogens (tertiary/aromatic N) is 3. The zero-order valence-corrected chi connectivity index (χ0v) is 11.2. The van der Waals surface area contributed by atoms with Gasteiger partial charge in [-0.3, -0.25) is 4.90 Å². The highest BCUT2D eigenvalue weighted by Crippen LogP contribution is 2.16. The van der Waals surface area contributed by atoms with E-state index in [2.05, 4.69) is 9.88 Å². The molecule has 0 bridgehead atoms. The predicted octanol–water partition coefficient (Wildman–Crippen LogP) is 1.02. The third-order valence-corrected chi connectivity index (χ3v) is 3.32. The smallest absolute Gasteiger partial charge is 0.329 e. The second kappa shape index (κ2) is 6.98. The Kier molecular flexibility index (Phi) is 5.04. The molecule has 0 spiro atoms. The Morgan fingerprint density at radius 2 is 2.30 bits per heavy atom. The van der Waals surface area contributed by atoms with Crippen LogP contribution in [0.1, 0.15) is 24.1 Å². The van der Waals surface area contributed by atoms with E-state index in [1.165, 1.54) is 0 Å². The van der Waals surface area contributed by atoms with Crippen LogP contribution in [0.4, 0.5) is 0 Å². The van der Waals surface area contributed by atoms with E-state index in [-0.39, 0.29) is 12.7 Å². The molecule has 106 valence electrons. The number of rotatable bonds is 5. The maximum Gasteiger partial charge on any atom is 0.329 e. The maximum absolute atomic E-state index is 10.4. The number of pyridine rings is 1. The minimum Gasteiger partial charge on any atom is -0.480 e. The molecule has 6 nitrogen and oxygen atoms in total. The summed E-state index contributed by atoms with van der Waals surface area (Å²) in [4.78, 5) is 16.7. The highest BCUT2D eigenvalue weighted by Gasteiger charge is 2.20. The number of likely N-dealkylation sites (tertiary alicyclic amines) is 1. The number of hydrogen-bond acceptors (Lipinski definition) is 5. The number of aliphatic carboxylic acids is 1. The van der Waals surface area contributed by atoms with Crippen molar-refractivity contribution in [2.45, 2.75) is 25.5 Å². The van der Waals surface area contributed by atoms with Crippen LogP contribution in [0.2, 0.25) is 0 Å². The maximum atomic E-state index is 10.4. The molecule has 1 aliphatic rings. The molecular weight excluding hydrogens is 258 g/mol. The highest BCUT2D eigenvalue weighted by atomic mass is 16.5. The van der Waals surface area contributed by atoms with Crippen LogP contribution in [-0.4, -0.2) is 46.8 Å². The number of ether oxygens (including phenoxy) is 1. The van der Waals surface area contributed by atoms with Crippen molar-refractivity contribution in [2.24, 2.45) is 0 Å². The van der Waals surface area contributed by atoms with Crippen LogP contribution in [0.15, 0.2) is 18.3 Å². The van der Waals surface area contributed by atoms with Crippen LogP contribution in [0.3, 0.4) is 0 Å². The number of carboxylic acid groups (broad SMARTS) is 1. The molecule has 0 aliphatic carbocycles. The summed E-state index contributed by atoms with van der Waals surface area (Å²) in [5.41, 5.74) is 1.50. The van der Waals surface area contributed by atoms with E-state index in [1.807, 2.05) is 12.1 Å². The van der Waals surface area contributed by atoms with Gasteiger partial charge in [-0.1, -0.05) is 0 Å². The Labute approximate surface area is 117 Å². The van der Waals surface area contributed by atoms with Crippen molar-refractivity contribution in [2.75, 3.05) is 19.7 Å². The first kappa shape index (κ1) is 14.4. The van der Waals surface area contributed by atoms with Crippen molar-refractivity contribution in [3.63, 3.8) is 0 Å². The highest BCUT2D eigenvalue weighted by molar-refractivity contribution is 5.68. The average Bonchev–Trinajstić information content (AvgIpc) is 2.47. The Balaban J connectivity index is 1.79. The van der Waals surface area contributed by atoms with Gasteiger partial charge >= 0.3 is 5.97 Å². The van der Waals surface area contributed by atoms with Crippen LogP contribution in [0, 0.1) is 11.3 Å². The Hall–Kier alpha value is -1.97. The summed E-state index contributed by atoms with van der Waals surface area (Å²) in [6.45, 7) is 2.30. The van der Waals surface area contributed by atoms with Gasteiger partial charge in [-0.05, 0) is 30.5 Å². The van der Waals surface area contributed by atoms with E-state index in [0.717, 1.165) is 38.0 Å². The molecule has 0 radical (unpaired) electrons. The SMILES string of the molecule is N#Cc1cc(CN2CCC(OCC(=O)O)CC2)ccn1. The molecule has 20 heavy (non-hydrogen) atoms. The number of piperidine rings is 1. The summed E-state index contributed by atoms with van der Waals surface area (Å²) < 4.78 is 5.30. The fraction of sp³-hybridized carbons (Fsp3) is 0.500. The van der Waals surface area contributed by atoms with Gasteiger partial charge in [0.1, 0.15) is 18.4 Å². The van der Waals surface area contributed by atoms with Crippen LogP contribution in [0.5, 0.6) is 0 Å². The molecule has 1 N–H and O–H groups in total. The molecule has 1 fully saturated rings.